The smallest absolute Gasteiger partial charge is 0.384 e. The lowest BCUT2D eigenvalue weighted by Crippen LogP contribution is -2.13. The van der Waals surface area contributed by atoms with Crippen LogP contribution in [0, 0.1) is 0 Å². The number of halogens is 4. The minimum Gasteiger partial charge on any atom is -0.384 e. The standard InChI is InChI=1S/C12H15BrF3NO2S/c1-2-20(18,19)7-3-6-17-11-8-9(12(14,15)16)4-5-10(11)13/h4-5,8,17H,2-3,6-7H2,1H3. The van der Waals surface area contributed by atoms with Crippen molar-refractivity contribution in [2.24, 2.45) is 0 Å². The van der Waals surface area contributed by atoms with Crippen LogP contribution in [0.25, 0.3) is 0 Å². The Bertz CT molecular complexity index is 558. The second kappa shape index (κ2) is 6.80. The highest BCUT2D eigenvalue weighted by atomic mass is 79.9. The largest absolute Gasteiger partial charge is 0.416 e. The molecule has 0 saturated heterocycles. The fraction of sp³-hybridized carbons (Fsp3) is 0.500. The summed E-state index contributed by atoms with van der Waals surface area (Å²) in [6.45, 7) is 1.85. The Labute approximate surface area is 124 Å². The van der Waals surface area contributed by atoms with Gasteiger partial charge in [-0.25, -0.2) is 8.42 Å². The van der Waals surface area contributed by atoms with Crippen molar-refractivity contribution in [1.82, 2.24) is 0 Å². The van der Waals surface area contributed by atoms with E-state index in [9.17, 15) is 21.6 Å². The maximum absolute atomic E-state index is 12.6. The third kappa shape index (κ3) is 5.32. The van der Waals surface area contributed by atoms with Crippen molar-refractivity contribution in [3.05, 3.63) is 28.2 Å². The van der Waals surface area contributed by atoms with Crippen LogP contribution >= 0.6 is 15.9 Å². The third-order valence-electron chi connectivity index (χ3n) is 2.68. The Morgan fingerprint density at radius 1 is 1.30 bits per heavy atom. The van der Waals surface area contributed by atoms with Gasteiger partial charge in [-0.3, -0.25) is 0 Å². The zero-order chi connectivity index (χ0) is 15.4. The van der Waals surface area contributed by atoms with E-state index in [2.05, 4.69) is 21.2 Å². The van der Waals surface area contributed by atoms with E-state index in [-0.39, 0.29) is 11.5 Å². The molecule has 3 nitrogen and oxygen atoms in total. The Hall–Kier alpha value is -0.760. The second-order valence-electron chi connectivity index (χ2n) is 4.21. The number of anilines is 1. The van der Waals surface area contributed by atoms with E-state index in [1.54, 1.807) is 6.92 Å². The predicted molar refractivity (Wildman–Crippen MR) is 76.6 cm³/mol. The minimum atomic E-state index is -4.40. The van der Waals surface area contributed by atoms with E-state index in [1.165, 1.54) is 6.07 Å². The van der Waals surface area contributed by atoms with Crippen LogP contribution in [0.15, 0.2) is 22.7 Å². The molecule has 0 amide bonds. The zero-order valence-corrected chi connectivity index (χ0v) is 13.2. The van der Waals surface area contributed by atoms with Gasteiger partial charge in [0.15, 0.2) is 0 Å². The van der Waals surface area contributed by atoms with Crippen LogP contribution in [0.5, 0.6) is 0 Å². The molecule has 0 aromatic heterocycles. The van der Waals surface area contributed by atoms with Crippen LogP contribution in [0.2, 0.25) is 0 Å². The maximum atomic E-state index is 12.6. The average Bonchev–Trinajstić information content (AvgIpc) is 2.35. The Balaban J connectivity index is 2.64. The molecule has 0 spiro atoms. The van der Waals surface area contributed by atoms with Crippen LogP contribution < -0.4 is 5.32 Å². The number of hydrogen-bond donors (Lipinski definition) is 1. The van der Waals surface area contributed by atoms with Gasteiger partial charge in [-0.1, -0.05) is 6.92 Å². The fourth-order valence-corrected chi connectivity index (χ4v) is 2.76. The quantitative estimate of drug-likeness (QED) is 0.773. The zero-order valence-electron chi connectivity index (χ0n) is 10.8. The lowest BCUT2D eigenvalue weighted by Gasteiger charge is -2.12. The summed E-state index contributed by atoms with van der Waals surface area (Å²) in [6.07, 6.45) is -4.05. The van der Waals surface area contributed by atoms with Crippen molar-refractivity contribution in [3.63, 3.8) is 0 Å². The van der Waals surface area contributed by atoms with E-state index >= 15 is 0 Å². The molecule has 0 atom stereocenters. The number of benzene rings is 1. The monoisotopic (exact) mass is 373 g/mol. The molecule has 20 heavy (non-hydrogen) atoms. The summed E-state index contributed by atoms with van der Waals surface area (Å²) in [6, 6.07) is 3.29. The van der Waals surface area contributed by atoms with Gasteiger partial charge < -0.3 is 5.32 Å². The maximum Gasteiger partial charge on any atom is 0.416 e. The lowest BCUT2D eigenvalue weighted by molar-refractivity contribution is -0.137. The first-order chi connectivity index (χ1) is 9.15. The van der Waals surface area contributed by atoms with Gasteiger partial charge in [0.05, 0.1) is 11.3 Å². The molecule has 0 radical (unpaired) electrons. The molecule has 1 aromatic rings. The molecule has 0 heterocycles. The second-order valence-corrected chi connectivity index (χ2v) is 7.54. The predicted octanol–water partition coefficient (Wildman–Crippen LogP) is 3.70. The summed E-state index contributed by atoms with van der Waals surface area (Å²) in [5.41, 5.74) is -0.446. The molecule has 0 aliphatic heterocycles. The first kappa shape index (κ1) is 17.3. The molecule has 0 aliphatic rings. The molecule has 114 valence electrons. The minimum absolute atomic E-state index is 0.0209. The number of hydrogen-bond acceptors (Lipinski definition) is 3. The van der Waals surface area contributed by atoms with E-state index < -0.39 is 21.6 Å². The molecular formula is C12H15BrF3NO2S. The van der Waals surface area contributed by atoms with E-state index in [4.69, 9.17) is 0 Å². The van der Waals surface area contributed by atoms with Gasteiger partial charge in [0, 0.05) is 22.5 Å². The van der Waals surface area contributed by atoms with Gasteiger partial charge in [0.25, 0.3) is 0 Å². The summed E-state index contributed by atoms with van der Waals surface area (Å²) in [5.74, 6) is 0.0906. The Morgan fingerprint density at radius 3 is 2.50 bits per heavy atom. The van der Waals surface area contributed by atoms with Gasteiger partial charge in [0.2, 0.25) is 0 Å². The molecular weight excluding hydrogens is 359 g/mol. The normalized spacial score (nSPS) is 12.4. The lowest BCUT2D eigenvalue weighted by atomic mass is 10.2. The number of rotatable bonds is 6. The van der Waals surface area contributed by atoms with Crippen molar-refractivity contribution >= 4 is 31.5 Å². The SMILES string of the molecule is CCS(=O)(=O)CCCNc1cc(C(F)(F)F)ccc1Br. The molecule has 1 aromatic carbocycles. The van der Waals surface area contributed by atoms with Crippen LogP contribution in [-0.4, -0.2) is 26.5 Å². The molecule has 0 fully saturated rings. The molecule has 1 N–H and O–H groups in total. The van der Waals surface area contributed by atoms with E-state index in [0.29, 0.717) is 23.1 Å². The fourth-order valence-electron chi connectivity index (χ4n) is 1.50. The highest BCUT2D eigenvalue weighted by molar-refractivity contribution is 9.10. The van der Waals surface area contributed by atoms with Gasteiger partial charge >= 0.3 is 6.18 Å². The molecule has 0 aliphatic carbocycles. The van der Waals surface area contributed by atoms with Crippen molar-refractivity contribution in [3.8, 4) is 0 Å². The first-order valence-corrected chi connectivity index (χ1v) is 8.58. The van der Waals surface area contributed by atoms with Gasteiger partial charge in [0.1, 0.15) is 9.84 Å². The molecule has 0 saturated carbocycles. The van der Waals surface area contributed by atoms with Crippen molar-refractivity contribution in [1.29, 1.82) is 0 Å². The van der Waals surface area contributed by atoms with Crippen LogP contribution in [0.3, 0.4) is 0 Å². The third-order valence-corrected chi connectivity index (χ3v) is 5.16. The first-order valence-electron chi connectivity index (χ1n) is 5.97. The van der Waals surface area contributed by atoms with Crippen molar-refractivity contribution in [2.75, 3.05) is 23.4 Å². The average molecular weight is 374 g/mol. The number of sulfone groups is 1. The summed E-state index contributed by atoms with van der Waals surface area (Å²) in [5, 5.41) is 2.81. The van der Waals surface area contributed by atoms with Gasteiger partial charge in [-0.15, -0.1) is 0 Å². The highest BCUT2D eigenvalue weighted by Crippen LogP contribution is 2.33. The van der Waals surface area contributed by atoms with Crippen LogP contribution in [-0.2, 0) is 16.0 Å². The van der Waals surface area contributed by atoms with Gasteiger partial charge in [-0.2, -0.15) is 13.2 Å². The number of alkyl halides is 3. The highest BCUT2D eigenvalue weighted by Gasteiger charge is 2.30. The van der Waals surface area contributed by atoms with E-state index in [0.717, 1.165) is 12.1 Å². The summed E-state index contributed by atoms with van der Waals surface area (Å²) < 4.78 is 60.8. The van der Waals surface area contributed by atoms with Crippen LogP contribution in [0.1, 0.15) is 18.9 Å². The molecule has 1 rings (SSSR count). The van der Waals surface area contributed by atoms with E-state index in [1.807, 2.05) is 0 Å². The summed E-state index contributed by atoms with van der Waals surface area (Å²) >= 11 is 3.15. The Morgan fingerprint density at radius 2 is 1.95 bits per heavy atom. The van der Waals surface area contributed by atoms with Gasteiger partial charge in [-0.05, 0) is 40.5 Å². The topological polar surface area (TPSA) is 46.2 Å². The molecule has 0 unspecified atom stereocenters. The van der Waals surface area contributed by atoms with Crippen molar-refractivity contribution < 1.29 is 21.6 Å². The summed E-state index contributed by atoms with van der Waals surface area (Å²) in [7, 11) is -3.05. The molecule has 8 heteroatoms. The van der Waals surface area contributed by atoms with Crippen LogP contribution in [0.4, 0.5) is 18.9 Å². The summed E-state index contributed by atoms with van der Waals surface area (Å²) in [4.78, 5) is 0. The molecule has 0 bridgehead atoms. The Kier molecular flexibility index (Phi) is 5.88. The number of nitrogens with one attached hydrogen (secondary N) is 1. The van der Waals surface area contributed by atoms with Crippen molar-refractivity contribution in [2.45, 2.75) is 19.5 Å².